The standard InChI is InChI=1S/C21H26N2O4S/c1-14-8-9-20(15(2)10-14)22-21(24)18-6-5-7-19(11-18)28(25,26)23-12-16(3)27-17(4)13-23/h5-11,16-17H,12-13H2,1-4H3,(H,22,24)/t16-,17+. The van der Waals surface area contributed by atoms with Gasteiger partial charge in [-0.25, -0.2) is 8.42 Å². The van der Waals surface area contributed by atoms with Crippen molar-refractivity contribution in [3.05, 3.63) is 59.2 Å². The smallest absolute Gasteiger partial charge is 0.255 e. The molecule has 0 radical (unpaired) electrons. The van der Waals surface area contributed by atoms with Crippen LogP contribution in [0.4, 0.5) is 5.69 Å². The van der Waals surface area contributed by atoms with Crippen molar-refractivity contribution in [3.63, 3.8) is 0 Å². The zero-order valence-electron chi connectivity index (χ0n) is 16.6. The Morgan fingerprint density at radius 3 is 2.39 bits per heavy atom. The molecule has 150 valence electrons. The summed E-state index contributed by atoms with van der Waals surface area (Å²) in [5, 5.41) is 2.86. The van der Waals surface area contributed by atoms with Crippen molar-refractivity contribution in [1.82, 2.24) is 4.31 Å². The number of carbonyl (C=O) groups excluding carboxylic acids is 1. The van der Waals surface area contributed by atoms with E-state index in [9.17, 15) is 13.2 Å². The molecule has 2 aromatic rings. The largest absolute Gasteiger partial charge is 0.373 e. The Hall–Kier alpha value is -2.22. The van der Waals surface area contributed by atoms with Gasteiger partial charge in [0, 0.05) is 24.3 Å². The topological polar surface area (TPSA) is 75.7 Å². The van der Waals surface area contributed by atoms with Gasteiger partial charge in [0.1, 0.15) is 0 Å². The predicted molar refractivity (Wildman–Crippen MR) is 109 cm³/mol. The van der Waals surface area contributed by atoms with Crippen LogP contribution in [0.3, 0.4) is 0 Å². The van der Waals surface area contributed by atoms with Crippen molar-refractivity contribution in [2.24, 2.45) is 0 Å². The summed E-state index contributed by atoms with van der Waals surface area (Å²) in [5.74, 6) is -0.340. The molecule has 1 N–H and O–H groups in total. The highest BCUT2D eigenvalue weighted by Crippen LogP contribution is 2.23. The molecular formula is C21H26N2O4S. The van der Waals surface area contributed by atoms with Gasteiger partial charge in [-0.15, -0.1) is 0 Å². The highest BCUT2D eigenvalue weighted by molar-refractivity contribution is 7.89. The van der Waals surface area contributed by atoms with Crippen LogP contribution in [-0.2, 0) is 14.8 Å². The first-order valence-electron chi connectivity index (χ1n) is 9.31. The molecule has 0 aliphatic carbocycles. The molecule has 7 heteroatoms. The molecule has 0 spiro atoms. The van der Waals surface area contributed by atoms with Crippen molar-refractivity contribution in [3.8, 4) is 0 Å². The number of sulfonamides is 1. The van der Waals surface area contributed by atoms with E-state index >= 15 is 0 Å². The second-order valence-electron chi connectivity index (χ2n) is 7.38. The molecule has 0 unspecified atom stereocenters. The van der Waals surface area contributed by atoms with Crippen LogP contribution >= 0.6 is 0 Å². The first-order chi connectivity index (χ1) is 13.2. The summed E-state index contributed by atoms with van der Waals surface area (Å²) < 4.78 is 33.1. The number of aryl methyl sites for hydroxylation is 2. The van der Waals surface area contributed by atoms with Crippen molar-refractivity contribution < 1.29 is 17.9 Å². The van der Waals surface area contributed by atoms with Crippen molar-refractivity contribution in [2.45, 2.75) is 44.8 Å². The summed E-state index contributed by atoms with van der Waals surface area (Å²) in [6.45, 7) is 8.21. The Labute approximate surface area is 166 Å². The fourth-order valence-electron chi connectivity index (χ4n) is 3.42. The van der Waals surface area contributed by atoms with Crippen LogP contribution in [0.5, 0.6) is 0 Å². The molecule has 1 saturated heterocycles. The van der Waals surface area contributed by atoms with Crippen LogP contribution in [0.15, 0.2) is 47.4 Å². The number of hydrogen-bond acceptors (Lipinski definition) is 4. The number of carbonyl (C=O) groups is 1. The molecule has 0 aromatic heterocycles. The van der Waals surface area contributed by atoms with Gasteiger partial charge in [0.15, 0.2) is 0 Å². The van der Waals surface area contributed by atoms with Gasteiger partial charge >= 0.3 is 0 Å². The molecule has 1 aliphatic rings. The number of ether oxygens (including phenoxy) is 1. The molecule has 1 amide bonds. The van der Waals surface area contributed by atoms with Crippen molar-refractivity contribution in [1.29, 1.82) is 0 Å². The van der Waals surface area contributed by atoms with E-state index in [4.69, 9.17) is 4.74 Å². The molecule has 0 saturated carbocycles. The van der Waals surface area contributed by atoms with Gasteiger partial charge in [-0.05, 0) is 57.5 Å². The third kappa shape index (κ3) is 4.43. The number of hydrogen-bond donors (Lipinski definition) is 1. The number of rotatable bonds is 4. The Balaban J connectivity index is 1.84. The lowest BCUT2D eigenvalue weighted by atomic mass is 10.1. The first kappa shape index (κ1) is 20.5. The van der Waals surface area contributed by atoms with E-state index in [1.807, 2.05) is 45.9 Å². The van der Waals surface area contributed by atoms with Crippen LogP contribution in [0.1, 0.15) is 35.3 Å². The minimum Gasteiger partial charge on any atom is -0.373 e. The number of nitrogens with zero attached hydrogens (tertiary/aromatic N) is 1. The second kappa shape index (κ2) is 8.03. The molecule has 28 heavy (non-hydrogen) atoms. The average molecular weight is 403 g/mol. The average Bonchev–Trinajstić information content (AvgIpc) is 2.63. The van der Waals surface area contributed by atoms with Crippen LogP contribution in [0.2, 0.25) is 0 Å². The van der Waals surface area contributed by atoms with E-state index in [1.54, 1.807) is 12.1 Å². The maximum absolute atomic E-state index is 13.0. The molecular weight excluding hydrogens is 376 g/mol. The van der Waals surface area contributed by atoms with Gasteiger partial charge in [0.05, 0.1) is 17.1 Å². The van der Waals surface area contributed by atoms with Crippen LogP contribution in [0.25, 0.3) is 0 Å². The van der Waals surface area contributed by atoms with E-state index in [-0.39, 0.29) is 23.0 Å². The lowest BCUT2D eigenvalue weighted by molar-refractivity contribution is -0.0440. The van der Waals surface area contributed by atoms with Gasteiger partial charge in [-0.3, -0.25) is 4.79 Å². The monoisotopic (exact) mass is 402 g/mol. The number of anilines is 1. The summed E-state index contributed by atoms with van der Waals surface area (Å²) in [5.41, 5.74) is 3.07. The number of amides is 1. The fraction of sp³-hybridized carbons (Fsp3) is 0.381. The third-order valence-electron chi connectivity index (χ3n) is 4.75. The minimum absolute atomic E-state index is 0.113. The van der Waals surface area contributed by atoms with Gasteiger partial charge in [-0.1, -0.05) is 23.8 Å². The Morgan fingerprint density at radius 1 is 1.07 bits per heavy atom. The van der Waals surface area contributed by atoms with Crippen LogP contribution < -0.4 is 5.32 Å². The van der Waals surface area contributed by atoms with Gasteiger partial charge in [0.25, 0.3) is 5.91 Å². The van der Waals surface area contributed by atoms with E-state index in [0.29, 0.717) is 24.3 Å². The molecule has 2 atom stereocenters. The van der Waals surface area contributed by atoms with E-state index in [2.05, 4.69) is 5.32 Å². The second-order valence-corrected chi connectivity index (χ2v) is 9.32. The summed E-state index contributed by atoms with van der Waals surface area (Å²) >= 11 is 0. The summed E-state index contributed by atoms with van der Waals surface area (Å²) in [7, 11) is -3.70. The summed E-state index contributed by atoms with van der Waals surface area (Å²) in [4.78, 5) is 12.8. The zero-order valence-corrected chi connectivity index (χ0v) is 17.4. The maximum atomic E-state index is 13.0. The molecule has 1 heterocycles. The highest BCUT2D eigenvalue weighted by Gasteiger charge is 2.32. The number of morpholine rings is 1. The summed E-state index contributed by atoms with van der Waals surface area (Å²) in [6.07, 6.45) is -0.343. The van der Waals surface area contributed by atoms with E-state index in [1.165, 1.54) is 16.4 Å². The molecule has 2 aromatic carbocycles. The van der Waals surface area contributed by atoms with Crippen LogP contribution in [0, 0.1) is 13.8 Å². The van der Waals surface area contributed by atoms with E-state index in [0.717, 1.165) is 11.1 Å². The maximum Gasteiger partial charge on any atom is 0.255 e. The SMILES string of the molecule is Cc1ccc(NC(=O)c2cccc(S(=O)(=O)N3C[C@@H](C)O[C@@H](C)C3)c2)c(C)c1. The Bertz CT molecular complexity index is 978. The van der Waals surface area contributed by atoms with Gasteiger partial charge in [-0.2, -0.15) is 4.31 Å². The molecule has 1 aliphatic heterocycles. The predicted octanol–water partition coefficient (Wildman–Crippen LogP) is 3.35. The van der Waals surface area contributed by atoms with E-state index < -0.39 is 10.0 Å². The number of benzene rings is 2. The molecule has 3 rings (SSSR count). The molecule has 0 bridgehead atoms. The van der Waals surface area contributed by atoms with Gasteiger partial charge in [0.2, 0.25) is 10.0 Å². The fourth-order valence-corrected chi connectivity index (χ4v) is 5.06. The normalized spacial score (nSPS) is 20.7. The first-order valence-corrected chi connectivity index (χ1v) is 10.7. The Kier molecular flexibility index (Phi) is 5.88. The molecule has 1 fully saturated rings. The highest BCUT2D eigenvalue weighted by atomic mass is 32.2. The number of nitrogens with one attached hydrogen (secondary N) is 1. The third-order valence-corrected chi connectivity index (χ3v) is 6.58. The van der Waals surface area contributed by atoms with Gasteiger partial charge < -0.3 is 10.1 Å². The summed E-state index contributed by atoms with van der Waals surface area (Å²) in [6, 6.07) is 11.9. The lowest BCUT2D eigenvalue weighted by Crippen LogP contribution is -2.48. The van der Waals surface area contributed by atoms with Crippen molar-refractivity contribution in [2.75, 3.05) is 18.4 Å². The molecule has 6 nitrogen and oxygen atoms in total. The van der Waals surface area contributed by atoms with Crippen LogP contribution in [-0.4, -0.2) is 43.9 Å². The Morgan fingerprint density at radius 2 is 1.75 bits per heavy atom. The quantitative estimate of drug-likeness (QED) is 0.851. The van der Waals surface area contributed by atoms with Crippen molar-refractivity contribution >= 4 is 21.6 Å². The lowest BCUT2D eigenvalue weighted by Gasteiger charge is -2.34. The minimum atomic E-state index is -3.70. The zero-order chi connectivity index (χ0) is 20.5.